The molecule has 1 saturated heterocycles. The summed E-state index contributed by atoms with van der Waals surface area (Å²) in [5, 5.41) is 19.0. The van der Waals surface area contributed by atoms with E-state index in [2.05, 4.69) is 9.88 Å². The zero-order valence-corrected chi connectivity index (χ0v) is 16.2. The van der Waals surface area contributed by atoms with Gasteiger partial charge in [0, 0.05) is 25.2 Å². The monoisotopic (exact) mass is 417 g/mol. The molecule has 1 aliphatic heterocycles. The smallest absolute Gasteiger partial charge is 0.342 e. The van der Waals surface area contributed by atoms with E-state index in [0.717, 1.165) is 39.3 Å². The van der Waals surface area contributed by atoms with Crippen molar-refractivity contribution in [2.24, 2.45) is 0 Å². The average molecular weight is 417 g/mol. The highest BCUT2D eigenvalue weighted by molar-refractivity contribution is 6.07. The quantitative estimate of drug-likeness (QED) is 0.462. The van der Waals surface area contributed by atoms with Crippen LogP contribution in [-0.4, -0.2) is 71.5 Å². The van der Waals surface area contributed by atoms with Crippen molar-refractivity contribution in [1.29, 1.82) is 0 Å². The summed E-state index contributed by atoms with van der Waals surface area (Å²) in [4.78, 5) is 39.9. The van der Waals surface area contributed by atoms with Gasteiger partial charge < -0.3 is 30.4 Å². The van der Waals surface area contributed by atoms with Crippen LogP contribution in [-0.2, 0) is 4.74 Å². The summed E-state index contributed by atoms with van der Waals surface area (Å²) in [7, 11) is 0. The molecule has 0 saturated carbocycles. The van der Waals surface area contributed by atoms with Gasteiger partial charge in [-0.1, -0.05) is 12.1 Å². The van der Waals surface area contributed by atoms with Crippen molar-refractivity contribution >= 4 is 17.8 Å². The van der Waals surface area contributed by atoms with E-state index in [1.165, 1.54) is 12.1 Å². The lowest BCUT2D eigenvalue weighted by atomic mass is 9.95. The van der Waals surface area contributed by atoms with Crippen molar-refractivity contribution in [3.8, 4) is 16.9 Å². The summed E-state index contributed by atoms with van der Waals surface area (Å²) in [6.45, 7) is 4.50. The van der Waals surface area contributed by atoms with E-state index >= 15 is 0 Å². The molecule has 0 unspecified atom stereocenters. The SMILES string of the molecule is Nc1[nH]c(=O)c(C(=O)O)c(-c2cccc(OCCCN3CCOCC3)c2)c1C(=O)O. The van der Waals surface area contributed by atoms with Crippen molar-refractivity contribution in [2.45, 2.75) is 6.42 Å². The lowest BCUT2D eigenvalue weighted by Gasteiger charge is -2.26. The van der Waals surface area contributed by atoms with Crippen molar-refractivity contribution in [2.75, 3.05) is 45.2 Å². The average Bonchev–Trinajstić information content (AvgIpc) is 2.71. The maximum absolute atomic E-state index is 12.1. The molecule has 1 aromatic carbocycles. The number of hydrogen-bond acceptors (Lipinski definition) is 7. The van der Waals surface area contributed by atoms with E-state index in [9.17, 15) is 24.6 Å². The molecular formula is C20H23N3O7. The van der Waals surface area contributed by atoms with Crippen LogP contribution in [0.3, 0.4) is 0 Å². The number of ether oxygens (including phenoxy) is 2. The number of anilines is 1. The van der Waals surface area contributed by atoms with Crippen LogP contribution in [0.2, 0.25) is 0 Å². The molecule has 0 bridgehead atoms. The van der Waals surface area contributed by atoms with Crippen LogP contribution in [0.5, 0.6) is 5.75 Å². The third-order valence-corrected chi connectivity index (χ3v) is 4.79. The van der Waals surface area contributed by atoms with Crippen LogP contribution in [0, 0.1) is 0 Å². The first kappa shape index (κ1) is 21.3. The van der Waals surface area contributed by atoms with Crippen LogP contribution in [0.25, 0.3) is 11.1 Å². The standard InChI is InChI=1S/C20H23N3O7/c21-17-15(19(25)26)14(16(20(27)28)18(24)22-17)12-3-1-4-13(11-12)30-8-2-5-23-6-9-29-10-7-23/h1,3-4,11H,2,5-10H2,(H,25,26)(H,27,28)(H3,21,22,24). The van der Waals surface area contributed by atoms with E-state index in [4.69, 9.17) is 15.2 Å². The van der Waals surface area contributed by atoms with Crippen LogP contribution in [0.1, 0.15) is 27.1 Å². The Kier molecular flexibility index (Phi) is 6.70. The van der Waals surface area contributed by atoms with Gasteiger partial charge in [0.2, 0.25) is 0 Å². The third kappa shape index (κ3) is 4.78. The number of nitrogens with zero attached hydrogens (tertiary/aromatic N) is 1. The molecule has 5 N–H and O–H groups in total. The number of aromatic amines is 1. The van der Waals surface area contributed by atoms with Crippen molar-refractivity contribution in [1.82, 2.24) is 9.88 Å². The number of carboxylic acids is 2. The topological polar surface area (TPSA) is 155 Å². The maximum Gasteiger partial charge on any atom is 0.342 e. The summed E-state index contributed by atoms with van der Waals surface area (Å²) in [5.41, 5.74) is 3.48. The number of hydrogen-bond donors (Lipinski definition) is 4. The summed E-state index contributed by atoms with van der Waals surface area (Å²) in [6, 6.07) is 6.28. The molecule has 1 fully saturated rings. The van der Waals surface area contributed by atoms with Gasteiger partial charge in [0.15, 0.2) is 0 Å². The lowest BCUT2D eigenvalue weighted by molar-refractivity contribution is 0.0358. The summed E-state index contributed by atoms with van der Waals surface area (Å²) >= 11 is 0. The Hall–Kier alpha value is -3.37. The predicted octanol–water partition coefficient (Wildman–Crippen LogP) is 1.12. The zero-order valence-electron chi connectivity index (χ0n) is 16.2. The van der Waals surface area contributed by atoms with E-state index in [1.807, 2.05) is 0 Å². The minimum absolute atomic E-state index is 0.216. The number of aromatic carboxylic acids is 2. The number of carboxylic acid groups (broad SMARTS) is 2. The lowest BCUT2D eigenvalue weighted by Crippen LogP contribution is -2.37. The first-order valence-corrected chi connectivity index (χ1v) is 9.44. The predicted molar refractivity (Wildman–Crippen MR) is 108 cm³/mol. The summed E-state index contributed by atoms with van der Waals surface area (Å²) < 4.78 is 11.1. The Bertz CT molecular complexity index is 996. The number of carbonyl (C=O) groups is 2. The van der Waals surface area contributed by atoms with E-state index in [-0.39, 0.29) is 11.1 Å². The minimum atomic E-state index is -1.55. The first-order valence-electron chi connectivity index (χ1n) is 9.44. The number of morpholine rings is 1. The Balaban J connectivity index is 1.84. The number of pyridine rings is 1. The number of nitrogen functional groups attached to an aromatic ring is 1. The number of rotatable bonds is 8. The van der Waals surface area contributed by atoms with Crippen molar-refractivity contribution in [3.63, 3.8) is 0 Å². The molecule has 0 atom stereocenters. The molecule has 1 aromatic heterocycles. The largest absolute Gasteiger partial charge is 0.494 e. The number of aromatic nitrogens is 1. The first-order chi connectivity index (χ1) is 14.4. The second-order valence-corrected chi connectivity index (χ2v) is 6.79. The fourth-order valence-corrected chi connectivity index (χ4v) is 3.38. The molecule has 10 nitrogen and oxygen atoms in total. The van der Waals surface area contributed by atoms with Crippen LogP contribution < -0.4 is 16.0 Å². The zero-order chi connectivity index (χ0) is 21.7. The van der Waals surface area contributed by atoms with Crippen LogP contribution in [0.15, 0.2) is 29.1 Å². The second kappa shape index (κ2) is 9.42. The molecule has 0 spiro atoms. The van der Waals surface area contributed by atoms with E-state index in [0.29, 0.717) is 12.4 Å². The van der Waals surface area contributed by atoms with Crippen molar-refractivity contribution in [3.05, 3.63) is 45.7 Å². The minimum Gasteiger partial charge on any atom is -0.494 e. The Labute approximate surface area is 171 Å². The number of H-pyrrole nitrogens is 1. The molecule has 160 valence electrons. The molecule has 0 amide bonds. The van der Waals surface area contributed by atoms with Gasteiger partial charge in [0.05, 0.1) is 19.8 Å². The van der Waals surface area contributed by atoms with Crippen molar-refractivity contribution < 1.29 is 29.3 Å². The second-order valence-electron chi connectivity index (χ2n) is 6.79. The normalized spacial score (nSPS) is 14.4. The summed E-state index contributed by atoms with van der Waals surface area (Å²) in [5.74, 6) is -2.98. The molecule has 0 aliphatic carbocycles. The van der Waals surface area contributed by atoms with Gasteiger partial charge in [0.1, 0.15) is 22.7 Å². The fourth-order valence-electron chi connectivity index (χ4n) is 3.38. The van der Waals surface area contributed by atoms with Gasteiger partial charge in [-0.15, -0.1) is 0 Å². The Morgan fingerprint density at radius 1 is 1.17 bits per heavy atom. The molecule has 10 heteroatoms. The molecule has 1 aliphatic rings. The summed E-state index contributed by atoms with van der Waals surface area (Å²) in [6.07, 6.45) is 0.781. The molecular weight excluding hydrogens is 394 g/mol. The Morgan fingerprint density at radius 2 is 1.87 bits per heavy atom. The number of benzene rings is 1. The highest BCUT2D eigenvalue weighted by Gasteiger charge is 2.26. The van der Waals surface area contributed by atoms with Crippen LogP contribution in [0.4, 0.5) is 5.82 Å². The molecule has 0 radical (unpaired) electrons. The highest BCUT2D eigenvalue weighted by Crippen LogP contribution is 2.31. The van der Waals surface area contributed by atoms with Gasteiger partial charge in [-0.3, -0.25) is 9.69 Å². The van der Waals surface area contributed by atoms with Gasteiger partial charge in [0.25, 0.3) is 5.56 Å². The van der Waals surface area contributed by atoms with E-state index in [1.54, 1.807) is 12.1 Å². The third-order valence-electron chi connectivity index (χ3n) is 4.79. The molecule has 3 rings (SSSR count). The number of nitrogens with two attached hydrogens (primary N) is 1. The number of nitrogens with one attached hydrogen (secondary N) is 1. The highest BCUT2D eigenvalue weighted by atomic mass is 16.5. The Morgan fingerprint density at radius 3 is 2.53 bits per heavy atom. The van der Waals surface area contributed by atoms with Gasteiger partial charge in [-0.25, -0.2) is 9.59 Å². The molecule has 2 aromatic rings. The molecule has 2 heterocycles. The maximum atomic E-state index is 12.1. The van der Waals surface area contributed by atoms with Gasteiger partial charge >= 0.3 is 11.9 Å². The van der Waals surface area contributed by atoms with Gasteiger partial charge in [-0.05, 0) is 24.1 Å². The van der Waals surface area contributed by atoms with E-state index < -0.39 is 34.4 Å². The molecule has 30 heavy (non-hydrogen) atoms. The van der Waals surface area contributed by atoms with Crippen LogP contribution >= 0.6 is 0 Å². The van der Waals surface area contributed by atoms with Gasteiger partial charge in [-0.2, -0.15) is 0 Å². The fraction of sp³-hybridized carbons (Fsp3) is 0.350.